The summed E-state index contributed by atoms with van der Waals surface area (Å²) in [6.07, 6.45) is 0.620. The molecule has 1 unspecified atom stereocenters. The van der Waals surface area contributed by atoms with E-state index in [1.54, 1.807) is 19.1 Å². The quantitative estimate of drug-likeness (QED) is 0.593. The van der Waals surface area contributed by atoms with E-state index in [-0.39, 0.29) is 5.69 Å². The Morgan fingerprint density at radius 1 is 1.56 bits per heavy atom. The molecule has 0 amide bonds. The highest BCUT2D eigenvalue weighted by Crippen LogP contribution is 2.18. The minimum absolute atomic E-state index is 0.0427. The second-order valence-corrected chi connectivity index (χ2v) is 4.01. The number of anilines is 1. The highest BCUT2D eigenvalue weighted by Gasteiger charge is 2.17. The maximum atomic E-state index is 10.5. The number of hydrogen-bond donors (Lipinski definition) is 2. The van der Waals surface area contributed by atoms with Crippen molar-refractivity contribution in [1.29, 1.82) is 0 Å². The minimum Gasteiger partial charge on any atom is -0.388 e. The van der Waals surface area contributed by atoms with Gasteiger partial charge in [0.15, 0.2) is 0 Å². The lowest BCUT2D eigenvalue weighted by molar-refractivity contribution is -0.384. The van der Waals surface area contributed by atoms with Gasteiger partial charge in [0.05, 0.1) is 10.5 Å². The molecule has 1 aromatic carbocycles. The van der Waals surface area contributed by atoms with Crippen LogP contribution in [-0.4, -0.2) is 22.2 Å². The fraction of sp³-hybridized carbons (Fsp3) is 0.455. The van der Waals surface area contributed by atoms with Crippen molar-refractivity contribution in [2.75, 3.05) is 11.9 Å². The molecule has 0 aliphatic heterocycles. The Morgan fingerprint density at radius 2 is 2.25 bits per heavy atom. The summed E-state index contributed by atoms with van der Waals surface area (Å²) < 4.78 is 0. The van der Waals surface area contributed by atoms with Crippen molar-refractivity contribution < 1.29 is 10.0 Å². The van der Waals surface area contributed by atoms with Gasteiger partial charge in [-0.15, -0.1) is 0 Å². The van der Waals surface area contributed by atoms with E-state index in [1.807, 2.05) is 6.92 Å². The van der Waals surface area contributed by atoms with Crippen LogP contribution in [0.3, 0.4) is 0 Å². The molecule has 0 saturated carbocycles. The second-order valence-electron chi connectivity index (χ2n) is 4.01. The molecule has 0 saturated heterocycles. The zero-order valence-electron chi connectivity index (χ0n) is 9.43. The van der Waals surface area contributed by atoms with E-state index >= 15 is 0 Å². The normalized spacial score (nSPS) is 14.2. The van der Waals surface area contributed by atoms with Crippen molar-refractivity contribution in [3.05, 3.63) is 34.4 Å². The van der Waals surface area contributed by atoms with Crippen molar-refractivity contribution in [1.82, 2.24) is 0 Å². The van der Waals surface area contributed by atoms with Gasteiger partial charge in [0.1, 0.15) is 0 Å². The molecule has 1 aromatic rings. The molecule has 16 heavy (non-hydrogen) atoms. The van der Waals surface area contributed by atoms with Gasteiger partial charge in [0.25, 0.3) is 5.69 Å². The average molecular weight is 224 g/mol. The molecule has 0 aliphatic rings. The first-order valence-electron chi connectivity index (χ1n) is 5.15. The summed E-state index contributed by atoms with van der Waals surface area (Å²) in [5.41, 5.74) is -0.117. The molecular formula is C11H16N2O3. The maximum absolute atomic E-state index is 10.5. The Hall–Kier alpha value is -1.62. The number of nitrogens with one attached hydrogen (secondary N) is 1. The van der Waals surface area contributed by atoms with Gasteiger partial charge in [-0.25, -0.2) is 0 Å². The van der Waals surface area contributed by atoms with Gasteiger partial charge < -0.3 is 10.4 Å². The van der Waals surface area contributed by atoms with E-state index in [4.69, 9.17) is 0 Å². The highest BCUT2D eigenvalue weighted by atomic mass is 16.6. The number of non-ortho nitro benzene ring substituents is 1. The summed E-state index contributed by atoms with van der Waals surface area (Å²) in [6, 6.07) is 6.23. The number of hydrogen-bond acceptors (Lipinski definition) is 4. The van der Waals surface area contributed by atoms with E-state index < -0.39 is 10.5 Å². The van der Waals surface area contributed by atoms with Gasteiger partial charge in [-0.1, -0.05) is 13.0 Å². The molecule has 5 heteroatoms. The monoisotopic (exact) mass is 224 g/mol. The maximum Gasteiger partial charge on any atom is 0.271 e. The van der Waals surface area contributed by atoms with Crippen LogP contribution in [0.4, 0.5) is 11.4 Å². The first-order chi connectivity index (χ1) is 7.44. The third-order valence-corrected chi connectivity index (χ3v) is 2.49. The molecule has 2 N–H and O–H groups in total. The summed E-state index contributed by atoms with van der Waals surface area (Å²) in [6.45, 7) is 3.97. The van der Waals surface area contributed by atoms with Crippen molar-refractivity contribution in [2.24, 2.45) is 0 Å². The lowest BCUT2D eigenvalue weighted by Gasteiger charge is -2.22. The second kappa shape index (κ2) is 4.94. The highest BCUT2D eigenvalue weighted by molar-refractivity contribution is 5.51. The Labute approximate surface area is 94.3 Å². The van der Waals surface area contributed by atoms with Gasteiger partial charge in [0.2, 0.25) is 0 Å². The molecule has 0 aliphatic carbocycles. The van der Waals surface area contributed by atoms with Crippen LogP contribution >= 0.6 is 0 Å². The van der Waals surface area contributed by atoms with Gasteiger partial charge in [-0.2, -0.15) is 0 Å². The molecular weight excluding hydrogens is 208 g/mol. The lowest BCUT2D eigenvalue weighted by Crippen LogP contribution is -2.32. The van der Waals surface area contributed by atoms with Crippen LogP contribution in [0.25, 0.3) is 0 Å². The van der Waals surface area contributed by atoms with Crippen LogP contribution in [0.15, 0.2) is 24.3 Å². The number of benzene rings is 1. The average Bonchev–Trinajstić information content (AvgIpc) is 2.27. The van der Waals surface area contributed by atoms with Gasteiger partial charge in [-0.05, 0) is 19.4 Å². The van der Waals surface area contributed by atoms with Gasteiger partial charge in [0, 0.05) is 24.4 Å². The standard InChI is InChI=1S/C11H16N2O3/c1-3-11(2,14)8-12-9-5-4-6-10(7-9)13(15)16/h4-7,12,14H,3,8H2,1-2H3. The molecule has 0 aromatic heterocycles. The predicted molar refractivity (Wildman–Crippen MR) is 62.5 cm³/mol. The molecule has 0 radical (unpaired) electrons. The molecule has 0 spiro atoms. The van der Waals surface area contributed by atoms with Crippen LogP contribution < -0.4 is 5.32 Å². The Morgan fingerprint density at radius 3 is 2.81 bits per heavy atom. The number of nitrogens with zero attached hydrogens (tertiary/aromatic N) is 1. The SMILES string of the molecule is CCC(C)(O)CNc1cccc([N+](=O)[O-])c1. The van der Waals surface area contributed by atoms with Crippen molar-refractivity contribution >= 4 is 11.4 Å². The molecule has 1 atom stereocenters. The summed E-state index contributed by atoms with van der Waals surface area (Å²) >= 11 is 0. The van der Waals surface area contributed by atoms with Crippen molar-refractivity contribution in [3.8, 4) is 0 Å². The number of nitro groups is 1. The third-order valence-electron chi connectivity index (χ3n) is 2.49. The molecule has 1 rings (SSSR count). The minimum atomic E-state index is -0.801. The van der Waals surface area contributed by atoms with Crippen LogP contribution in [0.1, 0.15) is 20.3 Å². The largest absolute Gasteiger partial charge is 0.388 e. The van der Waals surface area contributed by atoms with E-state index in [9.17, 15) is 15.2 Å². The summed E-state index contributed by atoms with van der Waals surface area (Å²) in [5, 5.41) is 23.3. The van der Waals surface area contributed by atoms with Crippen LogP contribution in [0, 0.1) is 10.1 Å². The number of aliphatic hydroxyl groups is 1. The van der Waals surface area contributed by atoms with Crippen molar-refractivity contribution in [2.45, 2.75) is 25.9 Å². The van der Waals surface area contributed by atoms with Crippen molar-refractivity contribution in [3.63, 3.8) is 0 Å². The van der Waals surface area contributed by atoms with E-state index in [0.29, 0.717) is 18.7 Å². The van der Waals surface area contributed by atoms with Crippen LogP contribution in [0.5, 0.6) is 0 Å². The Balaban J connectivity index is 2.68. The van der Waals surface area contributed by atoms with Gasteiger partial charge >= 0.3 is 0 Å². The fourth-order valence-corrected chi connectivity index (χ4v) is 1.15. The molecule has 0 heterocycles. The first kappa shape index (κ1) is 12.4. The van der Waals surface area contributed by atoms with Crippen LogP contribution in [0.2, 0.25) is 0 Å². The molecule has 0 fully saturated rings. The van der Waals surface area contributed by atoms with E-state index in [2.05, 4.69) is 5.32 Å². The number of nitro benzene ring substituents is 1. The third kappa shape index (κ3) is 3.51. The summed E-state index contributed by atoms with van der Waals surface area (Å²) in [7, 11) is 0. The molecule has 5 nitrogen and oxygen atoms in total. The van der Waals surface area contributed by atoms with E-state index in [1.165, 1.54) is 12.1 Å². The zero-order valence-corrected chi connectivity index (χ0v) is 9.43. The fourth-order valence-electron chi connectivity index (χ4n) is 1.15. The zero-order chi connectivity index (χ0) is 12.2. The Kier molecular flexibility index (Phi) is 3.84. The number of rotatable bonds is 5. The topological polar surface area (TPSA) is 75.4 Å². The molecule has 0 bridgehead atoms. The lowest BCUT2D eigenvalue weighted by atomic mass is 10.0. The first-order valence-corrected chi connectivity index (χ1v) is 5.15. The van der Waals surface area contributed by atoms with Crippen LogP contribution in [-0.2, 0) is 0 Å². The van der Waals surface area contributed by atoms with Gasteiger partial charge in [-0.3, -0.25) is 10.1 Å². The smallest absolute Gasteiger partial charge is 0.271 e. The van der Waals surface area contributed by atoms with E-state index in [0.717, 1.165) is 0 Å². The summed E-state index contributed by atoms with van der Waals surface area (Å²) in [5.74, 6) is 0. The summed E-state index contributed by atoms with van der Waals surface area (Å²) in [4.78, 5) is 10.1. The Bertz CT molecular complexity index is 377. The molecule has 88 valence electrons. The predicted octanol–water partition coefficient (Wildman–Crippen LogP) is 2.17.